The molecule has 5 heteroatoms. The molecule has 0 aliphatic carbocycles. The van der Waals surface area contributed by atoms with E-state index in [1.807, 2.05) is 11.8 Å². The largest absolute Gasteiger partial charge is 0.392 e. The van der Waals surface area contributed by atoms with Crippen LogP contribution in [0.3, 0.4) is 0 Å². The van der Waals surface area contributed by atoms with Crippen LogP contribution in [0.25, 0.3) is 0 Å². The number of aliphatic hydroxyl groups excluding tert-OH is 1. The maximum atomic E-state index is 11.9. The highest BCUT2D eigenvalue weighted by atomic mass is 35.5. The maximum absolute atomic E-state index is 11.9. The molecule has 1 heterocycles. The van der Waals surface area contributed by atoms with Gasteiger partial charge in [-0.05, 0) is 19.8 Å². The fourth-order valence-corrected chi connectivity index (χ4v) is 1.82. The number of nitrogens with one attached hydrogen (secondary N) is 1. The topological polar surface area (TPSA) is 52.6 Å². The molecule has 0 bridgehead atoms. The van der Waals surface area contributed by atoms with Crippen LogP contribution >= 0.6 is 12.4 Å². The van der Waals surface area contributed by atoms with Crippen molar-refractivity contribution in [2.75, 3.05) is 19.6 Å². The van der Waals surface area contributed by atoms with E-state index in [0.29, 0.717) is 13.0 Å². The van der Waals surface area contributed by atoms with Gasteiger partial charge in [0.2, 0.25) is 5.91 Å². The minimum Gasteiger partial charge on any atom is -0.392 e. The van der Waals surface area contributed by atoms with E-state index in [9.17, 15) is 9.90 Å². The standard InChI is InChI=1S/C10H20N2O2.ClH/c1-3-5-12(4-2)10(14)9-6-8(13)7-11-9;/h8-9,11,13H,3-7H2,1-2H3;1H. The minimum atomic E-state index is -0.357. The molecule has 2 N–H and O–H groups in total. The van der Waals surface area contributed by atoms with Crippen molar-refractivity contribution in [3.05, 3.63) is 0 Å². The van der Waals surface area contributed by atoms with Gasteiger partial charge in [0.25, 0.3) is 0 Å². The molecule has 0 aromatic heterocycles. The molecule has 90 valence electrons. The quantitative estimate of drug-likeness (QED) is 0.743. The summed E-state index contributed by atoms with van der Waals surface area (Å²) in [4.78, 5) is 13.7. The third-order valence-electron chi connectivity index (χ3n) is 2.59. The first kappa shape index (κ1) is 14.7. The molecule has 0 aromatic carbocycles. The van der Waals surface area contributed by atoms with Gasteiger partial charge in [0, 0.05) is 19.6 Å². The predicted molar refractivity (Wildman–Crippen MR) is 62.2 cm³/mol. The van der Waals surface area contributed by atoms with Crippen molar-refractivity contribution in [2.24, 2.45) is 0 Å². The number of hydrogen-bond donors (Lipinski definition) is 2. The van der Waals surface area contributed by atoms with E-state index in [0.717, 1.165) is 19.5 Å². The second-order valence-electron chi connectivity index (χ2n) is 3.77. The number of aliphatic hydroxyl groups is 1. The lowest BCUT2D eigenvalue weighted by Gasteiger charge is -2.23. The summed E-state index contributed by atoms with van der Waals surface area (Å²) in [5, 5.41) is 12.3. The van der Waals surface area contributed by atoms with Crippen LogP contribution in [-0.2, 0) is 4.79 Å². The number of carbonyl (C=O) groups excluding carboxylic acids is 1. The van der Waals surface area contributed by atoms with Gasteiger partial charge in [0.1, 0.15) is 0 Å². The first-order valence-corrected chi connectivity index (χ1v) is 5.39. The molecule has 4 nitrogen and oxygen atoms in total. The van der Waals surface area contributed by atoms with Crippen molar-refractivity contribution >= 4 is 18.3 Å². The Hall–Kier alpha value is -0.320. The summed E-state index contributed by atoms with van der Waals surface area (Å²) in [6, 6.07) is -0.170. The summed E-state index contributed by atoms with van der Waals surface area (Å²) >= 11 is 0. The molecule has 2 atom stereocenters. The second-order valence-corrected chi connectivity index (χ2v) is 3.77. The van der Waals surface area contributed by atoms with Crippen molar-refractivity contribution in [1.29, 1.82) is 0 Å². The molecule has 2 unspecified atom stereocenters. The van der Waals surface area contributed by atoms with E-state index in [1.54, 1.807) is 0 Å². The first-order chi connectivity index (χ1) is 6.69. The Labute approximate surface area is 97.4 Å². The summed E-state index contributed by atoms with van der Waals surface area (Å²) in [6.07, 6.45) is 1.18. The Balaban J connectivity index is 0.00000196. The van der Waals surface area contributed by atoms with Crippen molar-refractivity contribution in [3.63, 3.8) is 0 Å². The Kier molecular flexibility index (Phi) is 6.89. The zero-order valence-corrected chi connectivity index (χ0v) is 10.2. The number of halogens is 1. The van der Waals surface area contributed by atoms with Gasteiger partial charge in [-0.1, -0.05) is 6.92 Å². The highest BCUT2D eigenvalue weighted by Crippen LogP contribution is 2.09. The number of hydrogen-bond acceptors (Lipinski definition) is 3. The SMILES string of the molecule is CCCN(CC)C(=O)C1CC(O)CN1.Cl. The van der Waals surface area contributed by atoms with E-state index in [4.69, 9.17) is 0 Å². The maximum Gasteiger partial charge on any atom is 0.239 e. The van der Waals surface area contributed by atoms with Crippen LogP contribution in [0.2, 0.25) is 0 Å². The van der Waals surface area contributed by atoms with E-state index in [-0.39, 0.29) is 30.5 Å². The molecular weight excluding hydrogens is 216 g/mol. The summed E-state index contributed by atoms with van der Waals surface area (Å²) in [6.45, 7) is 6.15. The average Bonchev–Trinajstić information content (AvgIpc) is 2.60. The third kappa shape index (κ3) is 3.97. The van der Waals surface area contributed by atoms with Gasteiger partial charge in [-0.15, -0.1) is 12.4 Å². The van der Waals surface area contributed by atoms with Crippen LogP contribution in [0.1, 0.15) is 26.7 Å². The van der Waals surface area contributed by atoms with Gasteiger partial charge in [-0.25, -0.2) is 0 Å². The Morgan fingerprint density at radius 2 is 2.20 bits per heavy atom. The average molecular weight is 237 g/mol. The Morgan fingerprint density at radius 3 is 2.60 bits per heavy atom. The van der Waals surface area contributed by atoms with Crippen LogP contribution in [0.4, 0.5) is 0 Å². The van der Waals surface area contributed by atoms with Crippen molar-refractivity contribution < 1.29 is 9.90 Å². The van der Waals surface area contributed by atoms with Gasteiger partial charge in [-0.2, -0.15) is 0 Å². The van der Waals surface area contributed by atoms with Crippen LogP contribution < -0.4 is 5.32 Å². The fourth-order valence-electron chi connectivity index (χ4n) is 1.82. The molecular formula is C10H21ClN2O2. The molecule has 1 rings (SSSR count). The van der Waals surface area contributed by atoms with Gasteiger partial charge in [0.05, 0.1) is 12.1 Å². The summed E-state index contributed by atoms with van der Waals surface area (Å²) in [5.41, 5.74) is 0. The normalized spacial score (nSPS) is 24.7. The lowest BCUT2D eigenvalue weighted by molar-refractivity contribution is -0.133. The summed E-state index contributed by atoms with van der Waals surface area (Å²) in [5.74, 6) is 0.130. The van der Waals surface area contributed by atoms with E-state index < -0.39 is 0 Å². The molecule has 0 aromatic rings. The lowest BCUT2D eigenvalue weighted by Crippen LogP contribution is -2.43. The number of nitrogens with zero attached hydrogens (tertiary/aromatic N) is 1. The monoisotopic (exact) mass is 236 g/mol. The third-order valence-corrected chi connectivity index (χ3v) is 2.59. The number of amides is 1. The van der Waals surface area contributed by atoms with Gasteiger partial charge >= 0.3 is 0 Å². The molecule has 1 amide bonds. The van der Waals surface area contributed by atoms with Gasteiger partial charge in [-0.3, -0.25) is 4.79 Å². The van der Waals surface area contributed by atoms with Crippen LogP contribution in [0.15, 0.2) is 0 Å². The van der Waals surface area contributed by atoms with E-state index in [1.165, 1.54) is 0 Å². The summed E-state index contributed by atoms with van der Waals surface area (Å²) < 4.78 is 0. The molecule has 1 fully saturated rings. The first-order valence-electron chi connectivity index (χ1n) is 5.39. The van der Waals surface area contributed by atoms with Gasteiger partial charge < -0.3 is 15.3 Å². The molecule has 1 saturated heterocycles. The summed E-state index contributed by atoms with van der Waals surface area (Å²) in [7, 11) is 0. The highest BCUT2D eigenvalue weighted by Gasteiger charge is 2.30. The van der Waals surface area contributed by atoms with Crippen molar-refractivity contribution in [1.82, 2.24) is 10.2 Å². The van der Waals surface area contributed by atoms with E-state index >= 15 is 0 Å². The number of rotatable bonds is 4. The molecule has 0 saturated carbocycles. The zero-order chi connectivity index (χ0) is 10.6. The minimum absolute atomic E-state index is 0. The number of likely N-dealkylation sites (N-methyl/N-ethyl adjacent to an activating group) is 1. The fraction of sp³-hybridized carbons (Fsp3) is 0.900. The van der Waals surface area contributed by atoms with Crippen LogP contribution in [-0.4, -0.2) is 47.7 Å². The number of β-amino-alcohol motifs (C(OH)–C–C–N with tert-alkyl or cyclic N) is 1. The predicted octanol–water partition coefficient (Wildman–Crippen LogP) is 0.389. The second kappa shape index (κ2) is 7.04. The Morgan fingerprint density at radius 1 is 1.53 bits per heavy atom. The van der Waals surface area contributed by atoms with Crippen LogP contribution in [0, 0.1) is 0 Å². The molecule has 0 spiro atoms. The zero-order valence-electron chi connectivity index (χ0n) is 9.40. The highest BCUT2D eigenvalue weighted by molar-refractivity contribution is 5.85. The van der Waals surface area contributed by atoms with Crippen molar-refractivity contribution in [3.8, 4) is 0 Å². The van der Waals surface area contributed by atoms with Gasteiger partial charge in [0.15, 0.2) is 0 Å². The lowest BCUT2D eigenvalue weighted by atomic mass is 10.2. The Bertz CT molecular complexity index is 196. The van der Waals surface area contributed by atoms with Crippen molar-refractivity contribution in [2.45, 2.75) is 38.8 Å². The van der Waals surface area contributed by atoms with E-state index in [2.05, 4.69) is 12.2 Å². The smallest absolute Gasteiger partial charge is 0.239 e. The molecule has 1 aliphatic rings. The molecule has 1 aliphatic heterocycles. The molecule has 0 radical (unpaired) electrons. The molecule has 15 heavy (non-hydrogen) atoms. The number of carbonyl (C=O) groups is 1. The van der Waals surface area contributed by atoms with Crippen LogP contribution in [0.5, 0.6) is 0 Å².